The molecule has 2 heterocycles. The van der Waals surface area contributed by atoms with Crippen LogP contribution in [0.1, 0.15) is 30.9 Å². The van der Waals surface area contributed by atoms with Crippen LogP contribution < -0.4 is 10.9 Å². The fourth-order valence-electron chi connectivity index (χ4n) is 4.90. The molecule has 0 amide bonds. The quantitative estimate of drug-likeness (QED) is 0.470. The summed E-state index contributed by atoms with van der Waals surface area (Å²) < 4.78 is 1.74. The van der Waals surface area contributed by atoms with Gasteiger partial charge in [-0.1, -0.05) is 49.4 Å². The minimum Gasteiger partial charge on any atom is -0.382 e. The zero-order chi connectivity index (χ0) is 22.1. The maximum Gasteiger partial charge on any atom is 0.252 e. The van der Waals surface area contributed by atoms with Crippen LogP contribution >= 0.6 is 0 Å². The molecule has 0 atom stereocenters. The molecule has 5 rings (SSSR count). The lowest BCUT2D eigenvalue weighted by molar-refractivity contribution is 0.211. The second kappa shape index (κ2) is 8.79. The Morgan fingerprint density at radius 2 is 1.66 bits per heavy atom. The van der Waals surface area contributed by atoms with Crippen molar-refractivity contribution >= 4 is 27.4 Å². The molecule has 0 saturated carbocycles. The molecule has 4 heteroatoms. The van der Waals surface area contributed by atoms with E-state index in [2.05, 4.69) is 77.8 Å². The summed E-state index contributed by atoms with van der Waals surface area (Å²) in [6.45, 7) is 5.29. The number of piperidine rings is 1. The molecular weight excluding hydrogens is 394 g/mol. The summed E-state index contributed by atoms with van der Waals surface area (Å²) in [6.07, 6.45) is 3.15. The number of anilines is 1. The first kappa shape index (κ1) is 20.8. The first-order valence-electron chi connectivity index (χ1n) is 11.7. The fourth-order valence-corrected chi connectivity index (χ4v) is 4.90. The van der Waals surface area contributed by atoms with Gasteiger partial charge in [0.05, 0.1) is 5.52 Å². The highest BCUT2D eigenvalue weighted by atomic mass is 16.1. The van der Waals surface area contributed by atoms with E-state index in [9.17, 15) is 4.79 Å². The molecule has 164 valence electrons. The zero-order valence-electron chi connectivity index (χ0n) is 19.0. The SMILES string of the molecule is CCc1ccc2c(c1)c(NC1CCN(Cc3ccc4ccccc4c3)CC1)cc(=O)n2C. The molecular formula is C28H31N3O. The van der Waals surface area contributed by atoms with Gasteiger partial charge in [-0.3, -0.25) is 9.69 Å². The predicted molar refractivity (Wildman–Crippen MR) is 134 cm³/mol. The highest BCUT2D eigenvalue weighted by Crippen LogP contribution is 2.26. The Labute approximate surface area is 189 Å². The van der Waals surface area contributed by atoms with Gasteiger partial charge >= 0.3 is 0 Å². The van der Waals surface area contributed by atoms with Crippen LogP contribution in [0.2, 0.25) is 0 Å². The number of hydrogen-bond acceptors (Lipinski definition) is 3. The van der Waals surface area contributed by atoms with Crippen molar-refractivity contribution < 1.29 is 0 Å². The van der Waals surface area contributed by atoms with Crippen LogP contribution in [0.15, 0.2) is 71.5 Å². The Morgan fingerprint density at radius 3 is 2.44 bits per heavy atom. The lowest BCUT2D eigenvalue weighted by atomic mass is 10.0. The smallest absolute Gasteiger partial charge is 0.252 e. The number of fused-ring (bicyclic) bond motifs is 2. The van der Waals surface area contributed by atoms with Crippen LogP contribution in [0.3, 0.4) is 0 Å². The number of pyridine rings is 1. The maximum atomic E-state index is 12.5. The van der Waals surface area contributed by atoms with Gasteiger partial charge in [-0.25, -0.2) is 0 Å². The summed E-state index contributed by atoms with van der Waals surface area (Å²) in [7, 11) is 1.85. The molecule has 0 radical (unpaired) electrons. The lowest BCUT2D eigenvalue weighted by Gasteiger charge is -2.33. The summed E-state index contributed by atoms with van der Waals surface area (Å²) in [6, 6.07) is 23.9. The van der Waals surface area contributed by atoms with E-state index in [1.807, 2.05) is 7.05 Å². The maximum absolute atomic E-state index is 12.5. The van der Waals surface area contributed by atoms with Gasteiger partial charge in [-0.15, -0.1) is 0 Å². The third kappa shape index (κ3) is 4.15. The molecule has 0 aliphatic carbocycles. The summed E-state index contributed by atoms with van der Waals surface area (Å²) >= 11 is 0. The minimum absolute atomic E-state index is 0.0398. The monoisotopic (exact) mass is 425 g/mol. The molecule has 32 heavy (non-hydrogen) atoms. The second-order valence-corrected chi connectivity index (χ2v) is 9.04. The molecule has 0 bridgehead atoms. The highest BCUT2D eigenvalue weighted by molar-refractivity contribution is 5.92. The number of hydrogen-bond donors (Lipinski definition) is 1. The summed E-state index contributed by atoms with van der Waals surface area (Å²) in [4.78, 5) is 15.1. The van der Waals surface area contributed by atoms with Crippen molar-refractivity contribution in [1.82, 2.24) is 9.47 Å². The average molecular weight is 426 g/mol. The number of likely N-dealkylation sites (tertiary alicyclic amines) is 1. The van der Waals surface area contributed by atoms with Crippen molar-refractivity contribution in [2.75, 3.05) is 18.4 Å². The topological polar surface area (TPSA) is 37.3 Å². The Morgan fingerprint density at radius 1 is 0.906 bits per heavy atom. The van der Waals surface area contributed by atoms with Crippen LogP contribution in [0.25, 0.3) is 21.7 Å². The van der Waals surface area contributed by atoms with Crippen LogP contribution in [-0.4, -0.2) is 28.6 Å². The largest absolute Gasteiger partial charge is 0.382 e. The number of aryl methyl sites for hydroxylation is 2. The molecule has 1 saturated heterocycles. The van der Waals surface area contributed by atoms with E-state index >= 15 is 0 Å². The van der Waals surface area contributed by atoms with E-state index in [1.54, 1.807) is 10.6 Å². The van der Waals surface area contributed by atoms with Gasteiger partial charge in [0.2, 0.25) is 0 Å². The molecule has 0 unspecified atom stereocenters. The van der Waals surface area contributed by atoms with Gasteiger partial charge in [0, 0.05) is 49.9 Å². The molecule has 0 spiro atoms. The Hall–Kier alpha value is -3.11. The summed E-state index contributed by atoms with van der Waals surface area (Å²) in [5, 5.41) is 7.46. The Kier molecular flexibility index (Phi) is 5.71. The standard InChI is InChI=1S/C28H31N3O/c1-3-20-9-11-27-25(17-20)26(18-28(32)30(27)2)29-24-12-14-31(15-13-24)19-21-8-10-22-6-4-5-7-23(22)16-21/h4-11,16-18,24,29H,3,12-15,19H2,1-2H3. The molecule has 4 nitrogen and oxygen atoms in total. The van der Waals surface area contributed by atoms with Crippen molar-refractivity contribution in [1.29, 1.82) is 0 Å². The molecule has 3 aromatic carbocycles. The van der Waals surface area contributed by atoms with E-state index in [0.717, 1.165) is 55.5 Å². The van der Waals surface area contributed by atoms with E-state index < -0.39 is 0 Å². The van der Waals surface area contributed by atoms with Gasteiger partial charge in [-0.05, 0) is 59.4 Å². The first-order valence-corrected chi connectivity index (χ1v) is 11.7. The second-order valence-electron chi connectivity index (χ2n) is 9.04. The Balaban J connectivity index is 1.28. The van der Waals surface area contributed by atoms with Gasteiger partial charge in [0.1, 0.15) is 0 Å². The molecule has 1 aliphatic rings. The van der Waals surface area contributed by atoms with Crippen molar-refractivity contribution in [3.05, 3.63) is 88.2 Å². The Bertz CT molecular complexity index is 1320. The summed E-state index contributed by atoms with van der Waals surface area (Å²) in [5.74, 6) is 0. The van der Waals surface area contributed by atoms with Crippen LogP contribution in [0, 0.1) is 0 Å². The predicted octanol–water partition coefficient (Wildman–Crippen LogP) is 5.33. The van der Waals surface area contributed by atoms with Crippen molar-refractivity contribution in [2.24, 2.45) is 7.05 Å². The van der Waals surface area contributed by atoms with E-state index in [-0.39, 0.29) is 5.56 Å². The average Bonchev–Trinajstić information content (AvgIpc) is 2.83. The molecule has 1 aromatic heterocycles. The van der Waals surface area contributed by atoms with E-state index in [0.29, 0.717) is 6.04 Å². The molecule has 4 aromatic rings. The number of nitrogens with one attached hydrogen (secondary N) is 1. The third-order valence-electron chi connectivity index (χ3n) is 6.89. The first-order chi connectivity index (χ1) is 15.6. The molecule has 1 fully saturated rings. The van der Waals surface area contributed by atoms with Gasteiger partial charge in [0.25, 0.3) is 5.56 Å². The van der Waals surface area contributed by atoms with Gasteiger partial charge in [0.15, 0.2) is 0 Å². The molecule has 1 aliphatic heterocycles. The number of nitrogens with zero attached hydrogens (tertiary/aromatic N) is 2. The lowest BCUT2D eigenvalue weighted by Crippen LogP contribution is -2.38. The highest BCUT2D eigenvalue weighted by Gasteiger charge is 2.20. The third-order valence-corrected chi connectivity index (χ3v) is 6.89. The number of rotatable bonds is 5. The van der Waals surface area contributed by atoms with Crippen LogP contribution in [-0.2, 0) is 20.0 Å². The summed E-state index contributed by atoms with van der Waals surface area (Å²) in [5.41, 5.74) is 4.68. The van der Waals surface area contributed by atoms with Gasteiger partial charge < -0.3 is 9.88 Å². The van der Waals surface area contributed by atoms with Crippen LogP contribution in [0.4, 0.5) is 5.69 Å². The van der Waals surface area contributed by atoms with E-state index in [4.69, 9.17) is 0 Å². The van der Waals surface area contributed by atoms with E-state index in [1.165, 1.54) is 21.9 Å². The minimum atomic E-state index is 0.0398. The van der Waals surface area contributed by atoms with Crippen molar-refractivity contribution in [2.45, 2.75) is 38.8 Å². The van der Waals surface area contributed by atoms with Gasteiger partial charge in [-0.2, -0.15) is 0 Å². The van der Waals surface area contributed by atoms with Crippen molar-refractivity contribution in [3.8, 4) is 0 Å². The number of benzene rings is 3. The molecule has 1 N–H and O–H groups in total. The normalized spacial score (nSPS) is 15.4. The number of aromatic nitrogens is 1. The van der Waals surface area contributed by atoms with Crippen molar-refractivity contribution in [3.63, 3.8) is 0 Å². The van der Waals surface area contributed by atoms with Crippen LogP contribution in [0.5, 0.6) is 0 Å². The fraction of sp³-hybridized carbons (Fsp3) is 0.321. The zero-order valence-corrected chi connectivity index (χ0v) is 19.0.